The Morgan fingerprint density at radius 1 is 1.27 bits per heavy atom. The summed E-state index contributed by atoms with van der Waals surface area (Å²) < 4.78 is 27.1. The smallest absolute Gasteiger partial charge is 0.214 e. The molecule has 2 N–H and O–H groups in total. The number of sulfonamides is 1. The number of β-amino-alcohol motifs (C(OH)–C–C–N with tert-alkyl or cyclic N) is 1. The number of nitrogens with one attached hydrogen (secondary N) is 1. The van der Waals surface area contributed by atoms with E-state index in [4.69, 9.17) is 0 Å². The minimum absolute atomic E-state index is 0.159. The summed E-state index contributed by atoms with van der Waals surface area (Å²) in [5, 5.41) is 20.7. The van der Waals surface area contributed by atoms with Crippen LogP contribution in [0.3, 0.4) is 0 Å². The molecule has 3 aromatic rings. The number of pyridine rings is 1. The van der Waals surface area contributed by atoms with Crippen molar-refractivity contribution in [3.63, 3.8) is 0 Å². The van der Waals surface area contributed by atoms with E-state index in [2.05, 4.69) is 20.2 Å². The Kier molecular flexibility index (Phi) is 4.79. The fourth-order valence-corrected chi connectivity index (χ4v) is 7.07. The van der Waals surface area contributed by atoms with E-state index < -0.39 is 15.6 Å². The second kappa shape index (κ2) is 7.25. The van der Waals surface area contributed by atoms with Crippen molar-refractivity contribution < 1.29 is 13.5 Å². The van der Waals surface area contributed by atoms with Gasteiger partial charge in [-0.2, -0.15) is 9.40 Å². The minimum Gasteiger partial charge on any atom is -0.389 e. The number of aliphatic hydroxyl groups is 1. The van der Waals surface area contributed by atoms with E-state index in [-0.39, 0.29) is 18.2 Å². The number of aromatic amines is 1. The molecule has 4 heterocycles. The van der Waals surface area contributed by atoms with Crippen molar-refractivity contribution >= 4 is 32.0 Å². The Balaban J connectivity index is 1.32. The highest BCUT2D eigenvalue weighted by atomic mass is 32.2. The minimum atomic E-state index is -3.33. The van der Waals surface area contributed by atoms with Crippen LogP contribution in [0.15, 0.2) is 24.7 Å². The van der Waals surface area contributed by atoms with Gasteiger partial charge in [0, 0.05) is 30.1 Å². The summed E-state index contributed by atoms with van der Waals surface area (Å²) in [7, 11) is -3.33. The van der Waals surface area contributed by atoms with Crippen molar-refractivity contribution in [1.82, 2.24) is 24.5 Å². The van der Waals surface area contributed by atoms with Gasteiger partial charge in [-0.3, -0.25) is 0 Å². The van der Waals surface area contributed by atoms with Crippen molar-refractivity contribution in [2.75, 3.05) is 18.8 Å². The fourth-order valence-electron chi connectivity index (χ4n) is 5.09. The van der Waals surface area contributed by atoms with Crippen LogP contribution in [0, 0.1) is 5.92 Å². The third-order valence-corrected chi connectivity index (χ3v) is 8.75. The maximum Gasteiger partial charge on any atom is 0.214 e. The van der Waals surface area contributed by atoms with Crippen LogP contribution in [0.5, 0.6) is 0 Å². The van der Waals surface area contributed by atoms with E-state index in [0.29, 0.717) is 18.9 Å². The van der Waals surface area contributed by atoms with Gasteiger partial charge in [-0.15, -0.1) is 5.10 Å². The van der Waals surface area contributed by atoms with Gasteiger partial charge >= 0.3 is 0 Å². The number of H-pyrrole nitrogens is 1. The predicted octanol–water partition coefficient (Wildman–Crippen LogP) is 2.57. The normalized spacial score (nSPS) is 28.5. The molecule has 1 saturated heterocycles. The first-order valence-electron chi connectivity index (χ1n) is 10.6. The molecule has 1 atom stereocenters. The second-order valence-electron chi connectivity index (χ2n) is 9.14. The van der Waals surface area contributed by atoms with Crippen molar-refractivity contribution in [1.29, 1.82) is 0 Å². The zero-order valence-corrected chi connectivity index (χ0v) is 17.9. The molecular weight excluding hydrogens is 402 g/mol. The Hall–Kier alpha value is -2.10. The summed E-state index contributed by atoms with van der Waals surface area (Å²) in [6.07, 6.45) is 9.64. The van der Waals surface area contributed by atoms with Gasteiger partial charge in [-0.05, 0) is 62.5 Å². The fraction of sp³-hybridized carbons (Fsp3) is 0.571. The number of aromatic nitrogens is 4. The standard InChI is InChI=1S/C21H27N5O3S/c1-21(27)7-9-26(13-21)30(28,29)12-14-2-4-15(5-3-14)17-10-24-25-18-11-23-20-16(19(17)18)6-8-22-20/h6,8,10-11,14-15,27H,2-5,7,9,12-13H2,1H3,(H,22,23). The van der Waals surface area contributed by atoms with Gasteiger partial charge in [0.2, 0.25) is 10.0 Å². The summed E-state index contributed by atoms with van der Waals surface area (Å²) in [6.45, 7) is 2.33. The van der Waals surface area contributed by atoms with E-state index in [9.17, 15) is 13.5 Å². The molecule has 2 fully saturated rings. The van der Waals surface area contributed by atoms with Gasteiger partial charge in [0.15, 0.2) is 0 Å². The second-order valence-corrected chi connectivity index (χ2v) is 11.1. The van der Waals surface area contributed by atoms with E-state index in [1.165, 1.54) is 9.87 Å². The van der Waals surface area contributed by atoms with Crippen LogP contribution in [0.25, 0.3) is 21.9 Å². The lowest BCUT2D eigenvalue weighted by Gasteiger charge is -2.30. The summed E-state index contributed by atoms with van der Waals surface area (Å²) in [5.74, 6) is 0.679. The molecule has 9 heteroatoms. The third kappa shape index (κ3) is 3.59. The van der Waals surface area contributed by atoms with Gasteiger partial charge < -0.3 is 10.1 Å². The lowest BCUT2D eigenvalue weighted by atomic mass is 9.79. The summed E-state index contributed by atoms with van der Waals surface area (Å²) >= 11 is 0. The number of rotatable bonds is 4. The predicted molar refractivity (Wildman–Crippen MR) is 114 cm³/mol. The Bertz CT molecular complexity index is 1180. The third-order valence-electron chi connectivity index (χ3n) is 6.76. The van der Waals surface area contributed by atoms with Gasteiger partial charge in [-0.1, -0.05) is 0 Å². The Morgan fingerprint density at radius 3 is 2.80 bits per heavy atom. The zero-order valence-electron chi connectivity index (χ0n) is 17.1. The lowest BCUT2D eigenvalue weighted by molar-refractivity contribution is 0.0762. The molecule has 1 saturated carbocycles. The molecule has 5 rings (SSSR count). The molecule has 0 radical (unpaired) electrons. The molecule has 8 nitrogen and oxygen atoms in total. The summed E-state index contributed by atoms with van der Waals surface area (Å²) in [5.41, 5.74) is 1.92. The van der Waals surface area contributed by atoms with E-state index >= 15 is 0 Å². The zero-order chi connectivity index (χ0) is 20.9. The molecule has 30 heavy (non-hydrogen) atoms. The van der Waals surface area contributed by atoms with Crippen LogP contribution in [-0.4, -0.2) is 62.4 Å². The molecule has 0 bridgehead atoms. The van der Waals surface area contributed by atoms with Crippen LogP contribution < -0.4 is 0 Å². The number of fused-ring (bicyclic) bond motifs is 3. The number of hydrogen-bond acceptors (Lipinski definition) is 6. The number of nitrogens with zero attached hydrogens (tertiary/aromatic N) is 4. The molecule has 1 unspecified atom stereocenters. The van der Waals surface area contributed by atoms with Crippen molar-refractivity contribution in [2.45, 2.75) is 50.5 Å². The van der Waals surface area contributed by atoms with E-state index in [0.717, 1.165) is 47.6 Å². The lowest BCUT2D eigenvalue weighted by Crippen LogP contribution is -2.37. The van der Waals surface area contributed by atoms with E-state index in [1.54, 1.807) is 13.1 Å². The van der Waals surface area contributed by atoms with Crippen molar-refractivity contribution in [3.8, 4) is 0 Å². The first-order chi connectivity index (χ1) is 14.3. The molecule has 0 aromatic carbocycles. The number of hydrogen-bond donors (Lipinski definition) is 2. The molecule has 1 aliphatic heterocycles. The van der Waals surface area contributed by atoms with Gasteiger partial charge in [0.05, 0.1) is 23.7 Å². The molecule has 160 valence electrons. The molecule has 1 aliphatic carbocycles. The highest BCUT2D eigenvalue weighted by Gasteiger charge is 2.39. The molecule has 3 aromatic heterocycles. The van der Waals surface area contributed by atoms with Gasteiger partial charge in [0.1, 0.15) is 11.2 Å². The highest BCUT2D eigenvalue weighted by Crippen LogP contribution is 2.40. The quantitative estimate of drug-likeness (QED) is 0.659. The van der Waals surface area contributed by atoms with Crippen LogP contribution in [0.1, 0.15) is 50.5 Å². The topological polar surface area (TPSA) is 112 Å². The maximum atomic E-state index is 12.8. The summed E-state index contributed by atoms with van der Waals surface area (Å²) in [4.78, 5) is 7.57. The monoisotopic (exact) mass is 429 g/mol. The maximum absolute atomic E-state index is 12.8. The van der Waals surface area contributed by atoms with Crippen LogP contribution in [0.2, 0.25) is 0 Å². The van der Waals surface area contributed by atoms with Crippen LogP contribution in [-0.2, 0) is 10.0 Å². The SMILES string of the molecule is CC1(O)CCN(S(=O)(=O)CC2CCC(c3cnnc4cnc5[nH]ccc5c34)CC2)C1. The van der Waals surface area contributed by atoms with Crippen molar-refractivity contribution in [2.24, 2.45) is 5.92 Å². The molecule has 0 amide bonds. The first kappa shape index (κ1) is 19.8. The first-order valence-corrected chi connectivity index (χ1v) is 12.2. The van der Waals surface area contributed by atoms with Crippen molar-refractivity contribution in [3.05, 3.63) is 30.2 Å². The average molecular weight is 430 g/mol. The average Bonchev–Trinajstić information content (AvgIpc) is 3.34. The Morgan fingerprint density at radius 2 is 2.07 bits per heavy atom. The summed E-state index contributed by atoms with van der Waals surface area (Å²) in [6, 6.07) is 2.03. The largest absolute Gasteiger partial charge is 0.389 e. The van der Waals surface area contributed by atoms with Crippen LogP contribution >= 0.6 is 0 Å². The van der Waals surface area contributed by atoms with E-state index in [1.807, 2.05) is 18.5 Å². The van der Waals surface area contributed by atoms with Gasteiger partial charge in [-0.25, -0.2) is 13.4 Å². The molecule has 2 aliphatic rings. The molecular formula is C21H27N5O3S. The Labute approximate surface area is 175 Å². The highest BCUT2D eigenvalue weighted by molar-refractivity contribution is 7.89. The van der Waals surface area contributed by atoms with Crippen LogP contribution in [0.4, 0.5) is 0 Å². The van der Waals surface area contributed by atoms with Gasteiger partial charge in [0.25, 0.3) is 0 Å². The molecule has 0 spiro atoms.